The molecular weight excluding hydrogens is 308 g/mol. The minimum atomic E-state index is 0.412. The van der Waals surface area contributed by atoms with Crippen LogP contribution >= 0.6 is 0 Å². The van der Waals surface area contributed by atoms with Gasteiger partial charge in [0.1, 0.15) is 5.65 Å². The molecule has 4 heteroatoms. The Bertz CT molecular complexity index is 850. The highest BCUT2D eigenvalue weighted by Crippen LogP contribution is 2.25. The number of aromatic nitrogens is 2. The highest BCUT2D eigenvalue weighted by molar-refractivity contribution is 5.41. The number of pyridine rings is 1. The van der Waals surface area contributed by atoms with Crippen molar-refractivity contribution in [2.24, 2.45) is 0 Å². The van der Waals surface area contributed by atoms with Crippen molar-refractivity contribution in [1.29, 1.82) is 0 Å². The number of nitrogens with zero attached hydrogens (tertiary/aromatic N) is 3. The van der Waals surface area contributed by atoms with E-state index in [0.717, 1.165) is 38.2 Å². The molecule has 2 aromatic heterocycles. The second-order valence-corrected chi connectivity index (χ2v) is 6.97. The maximum Gasteiger partial charge on any atom is 0.136 e. The molecule has 3 aromatic rings. The van der Waals surface area contributed by atoms with Gasteiger partial charge in [-0.3, -0.25) is 4.90 Å². The lowest BCUT2D eigenvalue weighted by atomic mass is 10.0. The molecule has 1 saturated heterocycles. The lowest BCUT2D eigenvalue weighted by Crippen LogP contribution is -2.45. The lowest BCUT2D eigenvalue weighted by Gasteiger charge is -2.36. The number of fused-ring (bicyclic) bond motifs is 1. The largest absolute Gasteiger partial charge is 0.314 e. The Balaban J connectivity index is 1.60. The quantitative estimate of drug-likeness (QED) is 0.794. The van der Waals surface area contributed by atoms with Crippen molar-refractivity contribution in [2.75, 3.05) is 19.6 Å². The summed E-state index contributed by atoms with van der Waals surface area (Å²) in [4.78, 5) is 7.14. The number of piperazine rings is 1. The fourth-order valence-corrected chi connectivity index (χ4v) is 3.70. The van der Waals surface area contributed by atoms with Crippen molar-refractivity contribution >= 4 is 5.65 Å². The average Bonchev–Trinajstić information content (AvgIpc) is 3.04. The van der Waals surface area contributed by atoms with E-state index in [2.05, 4.69) is 76.0 Å². The molecule has 1 aliphatic rings. The van der Waals surface area contributed by atoms with Crippen LogP contribution in [0.1, 0.15) is 35.3 Å². The molecule has 1 aliphatic heterocycles. The van der Waals surface area contributed by atoms with Gasteiger partial charge in [-0.2, -0.15) is 0 Å². The van der Waals surface area contributed by atoms with Gasteiger partial charge in [0.15, 0.2) is 0 Å². The van der Waals surface area contributed by atoms with Crippen LogP contribution in [0.25, 0.3) is 5.65 Å². The zero-order chi connectivity index (χ0) is 17.2. The molecule has 0 spiro atoms. The van der Waals surface area contributed by atoms with E-state index >= 15 is 0 Å². The molecule has 1 N–H and O–H groups in total. The van der Waals surface area contributed by atoms with Gasteiger partial charge in [0, 0.05) is 38.4 Å². The smallest absolute Gasteiger partial charge is 0.136 e. The van der Waals surface area contributed by atoms with Crippen LogP contribution in [0.15, 0.2) is 48.8 Å². The van der Waals surface area contributed by atoms with Gasteiger partial charge in [-0.25, -0.2) is 4.98 Å². The zero-order valence-electron chi connectivity index (χ0n) is 15.1. The van der Waals surface area contributed by atoms with Crippen molar-refractivity contribution in [3.63, 3.8) is 0 Å². The Labute approximate surface area is 149 Å². The second kappa shape index (κ2) is 6.98. The number of hydrogen-bond donors (Lipinski definition) is 1. The fraction of sp³-hybridized carbons (Fsp3) is 0.381. The topological polar surface area (TPSA) is 32.6 Å². The lowest BCUT2D eigenvalue weighted by molar-refractivity contribution is 0.151. The summed E-state index contributed by atoms with van der Waals surface area (Å²) in [7, 11) is 0. The Hall–Kier alpha value is -2.17. The third-order valence-electron chi connectivity index (χ3n) is 5.22. The molecule has 0 radical (unpaired) electrons. The van der Waals surface area contributed by atoms with Gasteiger partial charge in [-0.05, 0) is 36.1 Å². The predicted octanol–water partition coefficient (Wildman–Crippen LogP) is 3.35. The summed E-state index contributed by atoms with van der Waals surface area (Å²) in [5, 5.41) is 3.55. The van der Waals surface area contributed by atoms with Crippen molar-refractivity contribution in [3.05, 3.63) is 71.2 Å². The van der Waals surface area contributed by atoms with Gasteiger partial charge in [-0.15, -0.1) is 0 Å². The van der Waals surface area contributed by atoms with Crippen LogP contribution in [-0.2, 0) is 13.0 Å². The van der Waals surface area contributed by atoms with Crippen LogP contribution in [0, 0.1) is 6.92 Å². The number of benzene rings is 1. The number of rotatable bonds is 4. The molecular formula is C21H26N4. The van der Waals surface area contributed by atoms with E-state index in [1.807, 2.05) is 6.20 Å². The standard InChI is InChI=1S/C21H26N4/c1-3-17-5-7-18(8-6-17)20-13-22-10-11-24(20)15-19-12-23-21-9-4-16(2)14-25(19)21/h4-9,12,14,20,22H,3,10-11,13,15H2,1-2H3. The van der Waals surface area contributed by atoms with Crippen molar-refractivity contribution in [3.8, 4) is 0 Å². The fourth-order valence-electron chi connectivity index (χ4n) is 3.70. The van der Waals surface area contributed by atoms with Crippen LogP contribution < -0.4 is 5.32 Å². The van der Waals surface area contributed by atoms with E-state index in [1.54, 1.807) is 0 Å². The Kier molecular flexibility index (Phi) is 4.55. The summed E-state index contributed by atoms with van der Waals surface area (Å²) >= 11 is 0. The van der Waals surface area contributed by atoms with Crippen LogP contribution in [0.4, 0.5) is 0 Å². The maximum atomic E-state index is 4.57. The molecule has 1 fully saturated rings. The monoisotopic (exact) mass is 334 g/mol. The van der Waals surface area contributed by atoms with Crippen LogP contribution in [-0.4, -0.2) is 33.9 Å². The van der Waals surface area contributed by atoms with Gasteiger partial charge >= 0.3 is 0 Å². The van der Waals surface area contributed by atoms with Crippen LogP contribution in [0.5, 0.6) is 0 Å². The van der Waals surface area contributed by atoms with E-state index in [1.165, 1.54) is 22.4 Å². The Morgan fingerprint density at radius 3 is 2.80 bits per heavy atom. The summed E-state index contributed by atoms with van der Waals surface area (Å²) in [6.07, 6.45) is 5.30. The van der Waals surface area contributed by atoms with E-state index < -0.39 is 0 Å². The molecule has 1 aromatic carbocycles. The molecule has 3 heterocycles. The third-order valence-corrected chi connectivity index (χ3v) is 5.22. The van der Waals surface area contributed by atoms with Crippen molar-refractivity contribution in [2.45, 2.75) is 32.9 Å². The van der Waals surface area contributed by atoms with Crippen LogP contribution in [0.2, 0.25) is 0 Å². The zero-order valence-corrected chi connectivity index (χ0v) is 15.1. The molecule has 0 amide bonds. The number of hydrogen-bond acceptors (Lipinski definition) is 3. The van der Waals surface area contributed by atoms with E-state index in [-0.39, 0.29) is 0 Å². The SMILES string of the molecule is CCc1ccc(C2CNCCN2Cc2cnc3ccc(C)cn23)cc1. The average molecular weight is 334 g/mol. The number of nitrogens with one attached hydrogen (secondary N) is 1. The number of imidazole rings is 1. The first kappa shape index (κ1) is 16.3. The van der Waals surface area contributed by atoms with Gasteiger partial charge in [0.05, 0.1) is 11.9 Å². The molecule has 4 nitrogen and oxygen atoms in total. The molecule has 0 aliphatic carbocycles. The van der Waals surface area contributed by atoms with Crippen molar-refractivity contribution < 1.29 is 0 Å². The number of aryl methyl sites for hydroxylation is 2. The highest BCUT2D eigenvalue weighted by Gasteiger charge is 2.24. The first-order chi connectivity index (χ1) is 12.2. The predicted molar refractivity (Wildman–Crippen MR) is 102 cm³/mol. The van der Waals surface area contributed by atoms with Crippen LogP contribution in [0.3, 0.4) is 0 Å². The first-order valence-electron chi connectivity index (χ1n) is 9.21. The molecule has 0 bridgehead atoms. The second-order valence-electron chi connectivity index (χ2n) is 6.97. The molecule has 25 heavy (non-hydrogen) atoms. The summed E-state index contributed by atoms with van der Waals surface area (Å²) < 4.78 is 2.23. The molecule has 1 unspecified atom stereocenters. The Morgan fingerprint density at radius 1 is 1.16 bits per heavy atom. The van der Waals surface area contributed by atoms with Gasteiger partial charge < -0.3 is 9.72 Å². The minimum Gasteiger partial charge on any atom is -0.314 e. The first-order valence-corrected chi connectivity index (χ1v) is 9.21. The third kappa shape index (κ3) is 3.32. The summed E-state index contributed by atoms with van der Waals surface area (Å²) in [5.41, 5.74) is 6.35. The summed E-state index contributed by atoms with van der Waals surface area (Å²) in [6, 6.07) is 13.7. The Morgan fingerprint density at radius 2 is 2.00 bits per heavy atom. The molecule has 1 atom stereocenters. The minimum absolute atomic E-state index is 0.412. The van der Waals surface area contributed by atoms with E-state index in [4.69, 9.17) is 0 Å². The summed E-state index contributed by atoms with van der Waals surface area (Å²) in [5.74, 6) is 0. The van der Waals surface area contributed by atoms with Crippen molar-refractivity contribution in [1.82, 2.24) is 19.6 Å². The van der Waals surface area contributed by atoms with E-state index in [0.29, 0.717) is 6.04 Å². The molecule has 130 valence electrons. The van der Waals surface area contributed by atoms with Gasteiger partial charge in [-0.1, -0.05) is 37.3 Å². The van der Waals surface area contributed by atoms with Gasteiger partial charge in [0.25, 0.3) is 0 Å². The molecule has 4 rings (SSSR count). The maximum absolute atomic E-state index is 4.57. The highest BCUT2D eigenvalue weighted by atomic mass is 15.2. The normalized spacial score (nSPS) is 18.7. The van der Waals surface area contributed by atoms with Gasteiger partial charge in [0.2, 0.25) is 0 Å². The summed E-state index contributed by atoms with van der Waals surface area (Å²) in [6.45, 7) is 8.36. The van der Waals surface area contributed by atoms with E-state index in [9.17, 15) is 0 Å². The molecule has 0 saturated carbocycles.